The van der Waals surface area contributed by atoms with E-state index in [2.05, 4.69) is 6.92 Å². The van der Waals surface area contributed by atoms with Crippen molar-refractivity contribution in [1.29, 1.82) is 0 Å². The summed E-state index contributed by atoms with van der Waals surface area (Å²) in [6.45, 7) is 2.34. The first-order valence-electron chi connectivity index (χ1n) is 13.8. The lowest BCUT2D eigenvalue weighted by molar-refractivity contribution is -0.224. The standard InChI is InChI=1S/C31H40FNO6/c1-21-10-12-23(13-11-21)29(34)33(24-14-16-31(37-3,38-4)17-15-24)27-19-26(32)28(18-25(27)30(35)36-2)39-20-22-8-6-5-7-9-22/h5-9,18-19,21,23-24H,10-17,20H2,1-4H3. The van der Waals surface area contributed by atoms with E-state index in [-0.39, 0.29) is 41.5 Å². The summed E-state index contributed by atoms with van der Waals surface area (Å²) < 4.78 is 37.7. The molecule has 0 bridgehead atoms. The molecule has 0 radical (unpaired) electrons. The zero-order valence-corrected chi connectivity index (χ0v) is 23.4. The van der Waals surface area contributed by atoms with E-state index in [1.54, 1.807) is 19.1 Å². The van der Waals surface area contributed by atoms with Crippen molar-refractivity contribution in [2.75, 3.05) is 26.2 Å². The number of hydrogen-bond acceptors (Lipinski definition) is 6. The third-order valence-electron chi connectivity index (χ3n) is 8.38. The van der Waals surface area contributed by atoms with Crippen molar-refractivity contribution in [2.45, 2.75) is 76.7 Å². The second-order valence-electron chi connectivity index (χ2n) is 10.8. The molecule has 0 atom stereocenters. The van der Waals surface area contributed by atoms with Crippen LogP contribution in [0.4, 0.5) is 10.1 Å². The van der Waals surface area contributed by atoms with Crippen LogP contribution in [0.3, 0.4) is 0 Å². The molecule has 0 aromatic heterocycles. The predicted octanol–water partition coefficient (Wildman–Crippen LogP) is 6.28. The molecule has 2 aromatic rings. The average Bonchev–Trinajstić information content (AvgIpc) is 2.97. The molecule has 2 saturated carbocycles. The van der Waals surface area contributed by atoms with Gasteiger partial charge in [-0.25, -0.2) is 9.18 Å². The van der Waals surface area contributed by atoms with Crippen molar-refractivity contribution >= 4 is 17.6 Å². The Morgan fingerprint density at radius 2 is 1.59 bits per heavy atom. The van der Waals surface area contributed by atoms with Crippen LogP contribution >= 0.6 is 0 Å². The summed E-state index contributed by atoms with van der Waals surface area (Å²) in [6, 6.07) is 11.8. The molecule has 212 valence electrons. The molecule has 2 aliphatic rings. The maximum absolute atomic E-state index is 15.6. The maximum atomic E-state index is 15.6. The molecular weight excluding hydrogens is 501 g/mol. The van der Waals surface area contributed by atoms with Crippen molar-refractivity contribution in [2.24, 2.45) is 11.8 Å². The second kappa shape index (κ2) is 12.9. The zero-order valence-electron chi connectivity index (χ0n) is 23.4. The third kappa shape index (κ3) is 6.61. The molecule has 0 N–H and O–H groups in total. The fraction of sp³-hybridized carbons (Fsp3) is 0.548. The summed E-state index contributed by atoms with van der Waals surface area (Å²) in [6.07, 6.45) is 5.81. The Bertz CT molecular complexity index is 1120. The van der Waals surface area contributed by atoms with Gasteiger partial charge < -0.3 is 23.8 Å². The maximum Gasteiger partial charge on any atom is 0.340 e. The summed E-state index contributed by atoms with van der Waals surface area (Å²) in [5.74, 6) is -1.74. The number of esters is 1. The minimum atomic E-state index is -0.711. The van der Waals surface area contributed by atoms with Crippen molar-refractivity contribution in [3.63, 3.8) is 0 Å². The van der Waals surface area contributed by atoms with Crippen molar-refractivity contribution in [3.8, 4) is 5.75 Å². The van der Waals surface area contributed by atoms with Crippen LogP contribution in [0.1, 0.15) is 74.2 Å². The summed E-state index contributed by atoms with van der Waals surface area (Å²) in [5.41, 5.74) is 1.20. The number of amides is 1. The van der Waals surface area contributed by atoms with E-state index >= 15 is 4.39 Å². The Hall–Kier alpha value is -2.97. The molecule has 0 heterocycles. The van der Waals surface area contributed by atoms with E-state index < -0.39 is 17.6 Å². The molecule has 2 aliphatic carbocycles. The number of anilines is 1. The summed E-state index contributed by atoms with van der Waals surface area (Å²) in [5, 5.41) is 0. The fourth-order valence-electron chi connectivity index (χ4n) is 5.85. The molecule has 0 spiro atoms. The van der Waals surface area contributed by atoms with E-state index in [4.69, 9.17) is 18.9 Å². The van der Waals surface area contributed by atoms with Gasteiger partial charge >= 0.3 is 5.97 Å². The SMILES string of the molecule is COC(=O)c1cc(OCc2ccccc2)c(F)cc1N(C(=O)C1CCC(C)CC1)C1CCC(OC)(OC)CC1. The van der Waals surface area contributed by atoms with Crippen LogP contribution in [-0.4, -0.2) is 45.0 Å². The van der Waals surface area contributed by atoms with Gasteiger partial charge in [-0.2, -0.15) is 0 Å². The molecule has 7 nitrogen and oxygen atoms in total. The van der Waals surface area contributed by atoms with E-state index in [1.807, 2.05) is 30.3 Å². The summed E-state index contributed by atoms with van der Waals surface area (Å²) >= 11 is 0. The van der Waals surface area contributed by atoms with Gasteiger partial charge in [0.2, 0.25) is 5.91 Å². The largest absolute Gasteiger partial charge is 0.486 e. The highest BCUT2D eigenvalue weighted by atomic mass is 19.1. The Balaban J connectivity index is 1.70. The minimum Gasteiger partial charge on any atom is -0.486 e. The summed E-state index contributed by atoms with van der Waals surface area (Å²) in [7, 11) is 4.52. The van der Waals surface area contributed by atoms with Gasteiger partial charge in [-0.1, -0.05) is 37.3 Å². The van der Waals surface area contributed by atoms with Crippen molar-refractivity contribution in [3.05, 3.63) is 59.4 Å². The Morgan fingerprint density at radius 3 is 2.18 bits per heavy atom. The van der Waals surface area contributed by atoms with Gasteiger partial charge in [-0.3, -0.25) is 4.79 Å². The fourth-order valence-corrected chi connectivity index (χ4v) is 5.85. The van der Waals surface area contributed by atoms with E-state index in [1.165, 1.54) is 19.2 Å². The monoisotopic (exact) mass is 541 g/mol. The van der Waals surface area contributed by atoms with Crippen LogP contribution in [0.15, 0.2) is 42.5 Å². The normalized spacial score (nSPS) is 21.3. The van der Waals surface area contributed by atoms with Crippen LogP contribution < -0.4 is 9.64 Å². The Morgan fingerprint density at radius 1 is 0.949 bits per heavy atom. The molecule has 0 saturated heterocycles. The van der Waals surface area contributed by atoms with Crippen LogP contribution in [0.25, 0.3) is 0 Å². The van der Waals surface area contributed by atoms with Gasteiger partial charge in [0.05, 0.1) is 18.4 Å². The lowest BCUT2D eigenvalue weighted by atomic mass is 9.81. The van der Waals surface area contributed by atoms with Gasteiger partial charge in [0.1, 0.15) is 6.61 Å². The molecule has 0 aliphatic heterocycles. The number of nitrogens with zero attached hydrogens (tertiary/aromatic N) is 1. The lowest BCUT2D eigenvalue weighted by Gasteiger charge is -2.43. The van der Waals surface area contributed by atoms with Crippen molar-refractivity contribution < 1.29 is 32.9 Å². The highest BCUT2D eigenvalue weighted by molar-refractivity contribution is 6.04. The topological polar surface area (TPSA) is 74.3 Å². The van der Waals surface area contributed by atoms with Gasteiger partial charge in [-0.15, -0.1) is 0 Å². The van der Waals surface area contributed by atoms with Crippen molar-refractivity contribution in [1.82, 2.24) is 0 Å². The molecule has 2 aromatic carbocycles. The average molecular weight is 542 g/mol. The minimum absolute atomic E-state index is 0.0664. The highest BCUT2D eigenvalue weighted by Gasteiger charge is 2.42. The first-order chi connectivity index (χ1) is 18.8. The number of carbonyl (C=O) groups excluding carboxylic acids is 2. The second-order valence-corrected chi connectivity index (χ2v) is 10.8. The number of ether oxygens (including phenoxy) is 4. The molecule has 2 fully saturated rings. The number of hydrogen-bond donors (Lipinski definition) is 0. The Labute approximate surface area is 230 Å². The Kier molecular flexibility index (Phi) is 9.62. The van der Waals surface area contributed by atoms with Gasteiger partial charge in [0.25, 0.3) is 0 Å². The molecule has 1 amide bonds. The number of carbonyl (C=O) groups is 2. The van der Waals surface area contributed by atoms with E-state index in [0.717, 1.165) is 31.2 Å². The van der Waals surface area contributed by atoms with E-state index in [0.29, 0.717) is 31.6 Å². The summed E-state index contributed by atoms with van der Waals surface area (Å²) in [4.78, 5) is 28.8. The molecule has 0 unspecified atom stereocenters. The smallest absolute Gasteiger partial charge is 0.340 e. The molecular formula is C31H40FNO6. The van der Waals surface area contributed by atoms with Gasteiger partial charge in [0, 0.05) is 45.1 Å². The number of methoxy groups -OCH3 is 3. The van der Waals surface area contributed by atoms with Crippen LogP contribution in [0, 0.1) is 17.7 Å². The van der Waals surface area contributed by atoms with E-state index in [9.17, 15) is 9.59 Å². The van der Waals surface area contributed by atoms with Crippen LogP contribution in [0.5, 0.6) is 5.75 Å². The first-order valence-corrected chi connectivity index (χ1v) is 13.8. The van der Waals surface area contributed by atoms with Crippen LogP contribution in [-0.2, 0) is 25.6 Å². The molecule has 39 heavy (non-hydrogen) atoms. The first kappa shape index (κ1) is 29.0. The lowest BCUT2D eigenvalue weighted by Crippen LogP contribution is -2.50. The number of benzene rings is 2. The number of halogens is 1. The van der Waals surface area contributed by atoms with Crippen LogP contribution in [0.2, 0.25) is 0 Å². The van der Waals surface area contributed by atoms with Gasteiger partial charge in [-0.05, 0) is 56.1 Å². The predicted molar refractivity (Wildman–Crippen MR) is 146 cm³/mol. The zero-order chi connectivity index (χ0) is 28.0. The molecule has 4 rings (SSSR count). The third-order valence-corrected chi connectivity index (χ3v) is 8.38. The van der Waals surface area contributed by atoms with Gasteiger partial charge in [0.15, 0.2) is 17.4 Å². The highest BCUT2D eigenvalue weighted by Crippen LogP contribution is 2.40. The number of rotatable bonds is 9. The molecule has 8 heteroatoms. The quantitative estimate of drug-likeness (QED) is 0.275.